The predicted molar refractivity (Wildman–Crippen MR) is 65.8 cm³/mol. The van der Waals surface area contributed by atoms with Gasteiger partial charge in [-0.1, -0.05) is 0 Å². The van der Waals surface area contributed by atoms with E-state index >= 15 is 0 Å². The van der Waals surface area contributed by atoms with Crippen molar-refractivity contribution in [3.8, 4) is 0 Å². The predicted octanol–water partition coefficient (Wildman–Crippen LogP) is 0.788. The van der Waals surface area contributed by atoms with Gasteiger partial charge in [0, 0.05) is 13.0 Å². The average molecular weight is 270 g/mol. The van der Waals surface area contributed by atoms with Crippen molar-refractivity contribution in [2.45, 2.75) is 26.7 Å². The van der Waals surface area contributed by atoms with Gasteiger partial charge in [0.05, 0.1) is 17.1 Å². The summed E-state index contributed by atoms with van der Waals surface area (Å²) >= 11 is 1.10. The Balaban J connectivity index is 2.45. The van der Waals surface area contributed by atoms with Crippen LogP contribution < -0.4 is 5.32 Å². The number of ketones is 1. The van der Waals surface area contributed by atoms with Crippen LogP contribution in [0.4, 0.5) is 0 Å². The van der Waals surface area contributed by atoms with Crippen molar-refractivity contribution < 1.29 is 19.5 Å². The van der Waals surface area contributed by atoms with Gasteiger partial charge in [0.2, 0.25) is 5.91 Å². The summed E-state index contributed by atoms with van der Waals surface area (Å²) in [6, 6.07) is 0. The van der Waals surface area contributed by atoms with E-state index in [1.165, 1.54) is 6.92 Å². The number of thiazole rings is 1. The summed E-state index contributed by atoms with van der Waals surface area (Å²) < 4.78 is 0. The lowest BCUT2D eigenvalue weighted by atomic mass is 10.3. The number of hydrogen-bond acceptors (Lipinski definition) is 5. The lowest BCUT2D eigenvalue weighted by Crippen LogP contribution is -2.27. The van der Waals surface area contributed by atoms with Crippen LogP contribution in [0.3, 0.4) is 0 Å². The first-order valence-corrected chi connectivity index (χ1v) is 6.17. The van der Waals surface area contributed by atoms with E-state index in [2.05, 4.69) is 10.3 Å². The summed E-state index contributed by atoms with van der Waals surface area (Å²) in [4.78, 5) is 37.0. The zero-order valence-electron chi connectivity index (χ0n) is 10.1. The van der Waals surface area contributed by atoms with Gasteiger partial charge in [-0.25, -0.2) is 9.78 Å². The topological polar surface area (TPSA) is 96.4 Å². The van der Waals surface area contributed by atoms with E-state index in [4.69, 9.17) is 5.11 Å². The number of amides is 1. The molecule has 0 saturated heterocycles. The Hall–Kier alpha value is -1.76. The molecule has 0 aliphatic carbocycles. The molecule has 0 bridgehead atoms. The van der Waals surface area contributed by atoms with E-state index in [1.54, 1.807) is 6.92 Å². The molecule has 0 saturated carbocycles. The Bertz CT molecular complexity index is 481. The number of carbonyl (C=O) groups excluding carboxylic acids is 2. The fraction of sp³-hybridized carbons (Fsp3) is 0.455. The second kappa shape index (κ2) is 6.25. The summed E-state index contributed by atoms with van der Waals surface area (Å²) in [5.74, 6) is -1.50. The maximum absolute atomic E-state index is 11.2. The molecule has 1 amide bonds. The zero-order chi connectivity index (χ0) is 13.7. The second-order valence-electron chi connectivity index (χ2n) is 3.81. The first kappa shape index (κ1) is 14.3. The molecule has 0 atom stereocenters. The highest BCUT2D eigenvalue weighted by molar-refractivity contribution is 7.13. The van der Waals surface area contributed by atoms with Crippen molar-refractivity contribution >= 4 is 29.0 Å². The van der Waals surface area contributed by atoms with Crippen LogP contribution in [-0.2, 0) is 16.0 Å². The molecule has 1 aromatic rings. The fourth-order valence-corrected chi connectivity index (χ4v) is 2.26. The lowest BCUT2D eigenvalue weighted by molar-refractivity contribution is -0.127. The van der Waals surface area contributed by atoms with E-state index in [9.17, 15) is 14.4 Å². The van der Waals surface area contributed by atoms with Crippen LogP contribution in [0, 0.1) is 6.92 Å². The number of nitrogens with zero attached hydrogens (tertiary/aromatic N) is 1. The smallest absolute Gasteiger partial charge is 0.347 e. The number of carboxylic acid groups (broad SMARTS) is 1. The van der Waals surface area contributed by atoms with E-state index in [0.29, 0.717) is 23.7 Å². The molecule has 6 nitrogen and oxygen atoms in total. The van der Waals surface area contributed by atoms with Gasteiger partial charge >= 0.3 is 5.97 Å². The maximum Gasteiger partial charge on any atom is 0.347 e. The lowest BCUT2D eigenvalue weighted by Gasteiger charge is -2.01. The molecule has 0 spiro atoms. The average Bonchev–Trinajstić information content (AvgIpc) is 2.58. The number of rotatable bonds is 6. The Morgan fingerprint density at radius 3 is 2.56 bits per heavy atom. The molecular weight excluding hydrogens is 256 g/mol. The standard InChI is InChI=1S/C11H14N2O4S/c1-6(14)5-8(15)12-4-3-9-13-7(2)10(18-9)11(16)17/h3-5H2,1-2H3,(H,12,15)(H,16,17). The Morgan fingerprint density at radius 1 is 1.39 bits per heavy atom. The number of aromatic nitrogens is 1. The highest BCUT2D eigenvalue weighted by atomic mass is 32.1. The Kier molecular flexibility index (Phi) is 4.96. The van der Waals surface area contributed by atoms with Crippen LogP contribution in [0.25, 0.3) is 0 Å². The monoisotopic (exact) mass is 270 g/mol. The van der Waals surface area contributed by atoms with Gasteiger partial charge in [0.25, 0.3) is 0 Å². The Labute approximate surface area is 108 Å². The third-order valence-electron chi connectivity index (χ3n) is 2.11. The van der Waals surface area contributed by atoms with Crippen LogP contribution in [-0.4, -0.2) is 34.3 Å². The van der Waals surface area contributed by atoms with Crippen molar-refractivity contribution in [3.63, 3.8) is 0 Å². The quantitative estimate of drug-likeness (QED) is 0.745. The van der Waals surface area contributed by atoms with Crippen LogP contribution in [0.5, 0.6) is 0 Å². The zero-order valence-corrected chi connectivity index (χ0v) is 11.0. The highest BCUT2D eigenvalue weighted by Gasteiger charge is 2.13. The summed E-state index contributed by atoms with van der Waals surface area (Å²) in [6.45, 7) is 3.33. The van der Waals surface area contributed by atoms with Gasteiger partial charge in [-0.15, -0.1) is 11.3 Å². The van der Waals surface area contributed by atoms with Crippen molar-refractivity contribution in [2.24, 2.45) is 0 Å². The molecule has 1 heterocycles. The van der Waals surface area contributed by atoms with E-state index in [0.717, 1.165) is 11.3 Å². The van der Waals surface area contributed by atoms with Gasteiger partial charge in [-0.2, -0.15) is 0 Å². The molecule has 0 aliphatic heterocycles. The van der Waals surface area contributed by atoms with Crippen molar-refractivity contribution in [3.05, 3.63) is 15.6 Å². The molecule has 1 rings (SSSR count). The van der Waals surface area contributed by atoms with Gasteiger partial charge in [-0.05, 0) is 13.8 Å². The molecular formula is C11H14N2O4S. The van der Waals surface area contributed by atoms with Crippen LogP contribution >= 0.6 is 11.3 Å². The van der Waals surface area contributed by atoms with Crippen LogP contribution in [0.1, 0.15) is 33.7 Å². The summed E-state index contributed by atoms with van der Waals surface area (Å²) in [7, 11) is 0. The minimum absolute atomic E-state index is 0.128. The normalized spacial score (nSPS) is 10.1. The number of aromatic carboxylic acids is 1. The number of Topliss-reactive ketones (excluding diaryl/α,β-unsaturated/α-hetero) is 1. The first-order valence-electron chi connectivity index (χ1n) is 5.36. The van der Waals surface area contributed by atoms with Gasteiger partial charge in [0.15, 0.2) is 0 Å². The van der Waals surface area contributed by atoms with E-state index in [1.807, 2.05) is 0 Å². The van der Waals surface area contributed by atoms with Gasteiger partial charge < -0.3 is 10.4 Å². The number of carbonyl (C=O) groups is 3. The van der Waals surface area contributed by atoms with Gasteiger partial charge in [0.1, 0.15) is 10.7 Å². The van der Waals surface area contributed by atoms with Crippen molar-refractivity contribution in [1.82, 2.24) is 10.3 Å². The SMILES string of the molecule is CC(=O)CC(=O)NCCc1nc(C)c(C(=O)O)s1. The first-order chi connectivity index (χ1) is 8.40. The third kappa shape index (κ3) is 4.25. The highest BCUT2D eigenvalue weighted by Crippen LogP contribution is 2.17. The number of carboxylic acids is 1. The number of hydrogen-bond donors (Lipinski definition) is 2. The fourth-order valence-electron chi connectivity index (χ4n) is 1.36. The third-order valence-corrected chi connectivity index (χ3v) is 3.31. The number of nitrogens with one attached hydrogen (secondary N) is 1. The van der Waals surface area contributed by atoms with Crippen LogP contribution in [0.15, 0.2) is 0 Å². The molecule has 0 aromatic carbocycles. The molecule has 1 aromatic heterocycles. The molecule has 0 radical (unpaired) electrons. The molecule has 18 heavy (non-hydrogen) atoms. The molecule has 0 unspecified atom stereocenters. The molecule has 2 N–H and O–H groups in total. The van der Waals surface area contributed by atoms with Crippen molar-refractivity contribution in [1.29, 1.82) is 0 Å². The molecule has 7 heteroatoms. The summed E-state index contributed by atoms with van der Waals surface area (Å²) in [5.41, 5.74) is 0.484. The van der Waals surface area contributed by atoms with Crippen molar-refractivity contribution in [2.75, 3.05) is 6.54 Å². The molecule has 0 fully saturated rings. The van der Waals surface area contributed by atoms with E-state index < -0.39 is 5.97 Å². The largest absolute Gasteiger partial charge is 0.477 e. The maximum atomic E-state index is 11.2. The van der Waals surface area contributed by atoms with Crippen LogP contribution in [0.2, 0.25) is 0 Å². The minimum atomic E-state index is -0.989. The Morgan fingerprint density at radius 2 is 2.06 bits per heavy atom. The molecule has 0 aliphatic rings. The summed E-state index contributed by atoms with van der Waals surface area (Å²) in [5, 5.41) is 12.1. The minimum Gasteiger partial charge on any atom is -0.477 e. The second-order valence-corrected chi connectivity index (χ2v) is 4.89. The van der Waals surface area contributed by atoms with E-state index in [-0.39, 0.29) is 23.0 Å². The van der Waals surface area contributed by atoms with Gasteiger partial charge in [-0.3, -0.25) is 9.59 Å². The number of aryl methyl sites for hydroxylation is 1. The molecule has 98 valence electrons. The summed E-state index contributed by atoms with van der Waals surface area (Å²) in [6.07, 6.45) is 0.333.